The molecule has 5 rings (SSSR count). The van der Waals surface area contributed by atoms with Gasteiger partial charge in [-0.15, -0.1) is 0 Å². The van der Waals surface area contributed by atoms with Gasteiger partial charge in [-0.25, -0.2) is 4.79 Å². The number of carboxylic acid groups (broad SMARTS) is 1. The van der Waals surface area contributed by atoms with Gasteiger partial charge in [0.05, 0.1) is 29.2 Å². The molecule has 4 N–H and O–H groups in total. The highest BCUT2D eigenvalue weighted by molar-refractivity contribution is 6.30. The summed E-state index contributed by atoms with van der Waals surface area (Å²) in [7, 11) is 0. The van der Waals surface area contributed by atoms with Crippen molar-refractivity contribution in [2.24, 2.45) is 0 Å². The van der Waals surface area contributed by atoms with Crippen LogP contribution in [0.4, 0.5) is 16.2 Å². The molecule has 0 radical (unpaired) electrons. The minimum absolute atomic E-state index is 0.154. The van der Waals surface area contributed by atoms with E-state index in [-0.39, 0.29) is 18.6 Å². The third-order valence-electron chi connectivity index (χ3n) is 5.95. The number of carbonyl (C=O) groups is 2. The molecule has 2 amide bonds. The number of rotatable bonds is 6. The molecule has 9 nitrogen and oxygen atoms in total. The highest BCUT2D eigenvalue weighted by Crippen LogP contribution is 2.40. The number of H-pyrrole nitrogens is 1. The normalized spacial score (nSPS) is 17.1. The zero-order valence-corrected chi connectivity index (χ0v) is 18.4. The van der Waals surface area contributed by atoms with Crippen LogP contribution in [0.1, 0.15) is 22.5 Å². The number of halogens is 1. The molecular formula is C23H22ClN5O4. The van der Waals surface area contributed by atoms with E-state index in [0.717, 1.165) is 23.4 Å². The van der Waals surface area contributed by atoms with Gasteiger partial charge in [0, 0.05) is 47.7 Å². The summed E-state index contributed by atoms with van der Waals surface area (Å²) in [4.78, 5) is 33.0. The number of likely N-dealkylation sites (tertiary alicyclic amines) is 1. The molecule has 0 bridgehead atoms. The molecule has 0 unspecified atom stereocenters. The van der Waals surface area contributed by atoms with Crippen molar-refractivity contribution in [1.82, 2.24) is 20.2 Å². The maximum atomic E-state index is 12.7. The predicted molar refractivity (Wildman–Crippen MR) is 123 cm³/mol. The lowest BCUT2D eigenvalue weighted by molar-refractivity contribution is 0.0500. The van der Waals surface area contributed by atoms with Crippen LogP contribution in [0.15, 0.2) is 42.7 Å². The van der Waals surface area contributed by atoms with Crippen molar-refractivity contribution in [1.29, 1.82) is 0 Å². The summed E-state index contributed by atoms with van der Waals surface area (Å²) in [5.41, 5.74) is 4.24. The number of fused-ring (bicyclic) bond motifs is 1. The second-order valence-electron chi connectivity index (χ2n) is 7.97. The van der Waals surface area contributed by atoms with Crippen LogP contribution in [0.25, 0.3) is 11.3 Å². The second kappa shape index (κ2) is 8.67. The lowest BCUT2D eigenvalue weighted by atomic mass is 10.0. The summed E-state index contributed by atoms with van der Waals surface area (Å²) in [6, 6.07) is 8.85. The largest absolute Gasteiger partial charge is 0.489 e. The number of benzene rings is 1. The van der Waals surface area contributed by atoms with Gasteiger partial charge in [-0.2, -0.15) is 0 Å². The average molecular weight is 468 g/mol. The molecule has 170 valence electrons. The Balaban J connectivity index is 1.51. The predicted octanol–water partition coefficient (Wildman–Crippen LogP) is 3.89. The smallest absolute Gasteiger partial charge is 0.407 e. The Hall–Kier alpha value is -3.72. The Bertz CT molecular complexity index is 1210. The van der Waals surface area contributed by atoms with Crippen molar-refractivity contribution >= 4 is 35.0 Å². The first-order valence-corrected chi connectivity index (χ1v) is 11.0. The average Bonchev–Trinajstić information content (AvgIpc) is 3.14. The molecule has 1 atom stereocenters. The number of aromatic nitrogens is 2. The first-order valence-electron chi connectivity index (χ1n) is 10.6. The quantitative estimate of drug-likeness (QED) is 0.436. The summed E-state index contributed by atoms with van der Waals surface area (Å²) in [6.07, 6.45) is 3.74. The molecule has 4 heterocycles. The van der Waals surface area contributed by atoms with Crippen molar-refractivity contribution in [3.63, 3.8) is 0 Å². The van der Waals surface area contributed by atoms with Gasteiger partial charge in [-0.05, 0) is 36.8 Å². The van der Waals surface area contributed by atoms with Gasteiger partial charge < -0.3 is 30.4 Å². The van der Waals surface area contributed by atoms with E-state index in [1.54, 1.807) is 24.5 Å². The van der Waals surface area contributed by atoms with E-state index in [0.29, 0.717) is 47.2 Å². The molecule has 1 aromatic carbocycles. The minimum atomic E-state index is -0.946. The van der Waals surface area contributed by atoms with E-state index in [1.807, 2.05) is 18.2 Å². The molecule has 2 aliphatic rings. The maximum Gasteiger partial charge on any atom is 0.407 e. The topological polar surface area (TPSA) is 120 Å². The van der Waals surface area contributed by atoms with E-state index < -0.39 is 6.09 Å². The van der Waals surface area contributed by atoms with Crippen LogP contribution in [0.5, 0.6) is 5.75 Å². The number of ether oxygens (including phenoxy) is 1. The fourth-order valence-corrected chi connectivity index (χ4v) is 4.26. The van der Waals surface area contributed by atoms with E-state index in [1.165, 1.54) is 4.90 Å². The number of pyridine rings is 1. The molecule has 10 heteroatoms. The van der Waals surface area contributed by atoms with Gasteiger partial charge in [0.15, 0.2) is 0 Å². The van der Waals surface area contributed by atoms with Crippen molar-refractivity contribution in [2.45, 2.75) is 18.9 Å². The molecule has 33 heavy (non-hydrogen) atoms. The van der Waals surface area contributed by atoms with E-state index >= 15 is 0 Å². The first-order chi connectivity index (χ1) is 16.0. The Morgan fingerprint density at radius 2 is 2.12 bits per heavy atom. The number of aromatic amines is 1. The number of carbonyl (C=O) groups excluding carboxylic acids is 1. The van der Waals surface area contributed by atoms with Gasteiger partial charge in [0.2, 0.25) is 0 Å². The standard InChI is InChI=1S/C23H22ClN5O4/c24-13-1-3-14(4-2-13)27-21-19-17(6-9-26-22(19)30)28-20(21)16-5-8-25-11-18(16)33-12-15-7-10-29(15)23(31)32/h1-5,8,11,15,27-28H,6-7,9-10,12H2,(H,26,30)(H,31,32)/t15-/m1/s1. The summed E-state index contributed by atoms with van der Waals surface area (Å²) in [5.74, 6) is 0.353. The minimum Gasteiger partial charge on any atom is -0.489 e. The first kappa shape index (κ1) is 21.1. The lowest BCUT2D eigenvalue weighted by Crippen LogP contribution is -2.53. The number of hydrogen-bond donors (Lipinski definition) is 4. The van der Waals surface area contributed by atoms with Crippen molar-refractivity contribution in [3.8, 4) is 17.0 Å². The van der Waals surface area contributed by atoms with Crippen LogP contribution in [0.2, 0.25) is 5.02 Å². The Morgan fingerprint density at radius 1 is 1.30 bits per heavy atom. The number of nitrogens with one attached hydrogen (secondary N) is 3. The molecule has 3 aromatic rings. The number of anilines is 2. The third kappa shape index (κ3) is 4.07. The maximum absolute atomic E-state index is 12.7. The highest BCUT2D eigenvalue weighted by Gasteiger charge is 2.33. The van der Waals surface area contributed by atoms with Gasteiger partial charge in [-0.1, -0.05) is 11.6 Å². The third-order valence-corrected chi connectivity index (χ3v) is 6.21. The van der Waals surface area contributed by atoms with Gasteiger partial charge >= 0.3 is 6.09 Å². The Labute approximate surface area is 194 Å². The molecule has 1 saturated heterocycles. The van der Waals surface area contributed by atoms with Crippen LogP contribution in [0, 0.1) is 0 Å². The molecule has 0 spiro atoms. The molecule has 2 aromatic heterocycles. The van der Waals surface area contributed by atoms with E-state index in [9.17, 15) is 14.7 Å². The highest BCUT2D eigenvalue weighted by atomic mass is 35.5. The number of hydrogen-bond acceptors (Lipinski definition) is 5. The zero-order chi connectivity index (χ0) is 22.9. The molecule has 0 aliphatic carbocycles. The van der Waals surface area contributed by atoms with Crippen LogP contribution >= 0.6 is 11.6 Å². The summed E-state index contributed by atoms with van der Waals surface area (Å²) >= 11 is 6.03. The van der Waals surface area contributed by atoms with Gasteiger partial charge in [0.1, 0.15) is 12.4 Å². The fourth-order valence-electron chi connectivity index (χ4n) is 4.14. The number of amides is 2. The summed E-state index contributed by atoms with van der Waals surface area (Å²) < 4.78 is 6.02. The van der Waals surface area contributed by atoms with E-state index in [2.05, 4.69) is 20.6 Å². The lowest BCUT2D eigenvalue weighted by Gasteiger charge is -2.38. The van der Waals surface area contributed by atoms with Crippen molar-refractivity contribution < 1.29 is 19.4 Å². The second-order valence-corrected chi connectivity index (χ2v) is 8.40. The zero-order valence-electron chi connectivity index (χ0n) is 17.6. The van der Waals surface area contributed by atoms with Crippen LogP contribution in [-0.2, 0) is 6.42 Å². The molecular weight excluding hydrogens is 446 g/mol. The fraction of sp³-hybridized carbons (Fsp3) is 0.261. The van der Waals surface area contributed by atoms with Gasteiger partial charge in [0.25, 0.3) is 5.91 Å². The van der Waals surface area contributed by atoms with Crippen LogP contribution < -0.4 is 15.4 Å². The Morgan fingerprint density at radius 3 is 2.85 bits per heavy atom. The Kier molecular flexibility index (Phi) is 5.55. The SMILES string of the molecule is O=C1NCCc2[nH]c(-c3ccncc3OC[C@H]3CCN3C(=O)O)c(Nc3ccc(Cl)cc3)c21. The molecule has 0 saturated carbocycles. The van der Waals surface area contributed by atoms with Crippen molar-refractivity contribution in [3.05, 3.63) is 59.0 Å². The summed E-state index contributed by atoms with van der Waals surface area (Å²) in [5, 5.41) is 16.1. The van der Waals surface area contributed by atoms with Gasteiger partial charge in [-0.3, -0.25) is 9.78 Å². The molecule has 2 aliphatic heterocycles. The summed E-state index contributed by atoms with van der Waals surface area (Å²) in [6.45, 7) is 1.29. The van der Waals surface area contributed by atoms with Crippen LogP contribution in [-0.4, -0.2) is 57.7 Å². The molecule has 1 fully saturated rings. The van der Waals surface area contributed by atoms with Crippen LogP contribution in [0.3, 0.4) is 0 Å². The number of nitrogens with zero attached hydrogens (tertiary/aromatic N) is 2. The van der Waals surface area contributed by atoms with Crippen molar-refractivity contribution in [2.75, 3.05) is 25.0 Å². The monoisotopic (exact) mass is 467 g/mol. The van der Waals surface area contributed by atoms with E-state index in [4.69, 9.17) is 16.3 Å².